The monoisotopic (exact) mass is 245 g/mol. The summed E-state index contributed by atoms with van der Waals surface area (Å²) in [5, 5.41) is 0. The van der Waals surface area contributed by atoms with Crippen LogP contribution in [0, 0.1) is 11.8 Å². The number of hydrogen-bond donors (Lipinski definition) is 1. The van der Waals surface area contributed by atoms with Crippen molar-refractivity contribution in [2.75, 3.05) is 13.2 Å². The minimum absolute atomic E-state index is 0.204. The molecule has 0 saturated carbocycles. The lowest BCUT2D eigenvalue weighted by Crippen LogP contribution is -2.18. The molecule has 2 rings (SSSR count). The second kappa shape index (κ2) is 6.44. The number of benzene rings is 1. The van der Waals surface area contributed by atoms with Gasteiger partial charge in [-0.3, -0.25) is 0 Å². The van der Waals surface area contributed by atoms with Gasteiger partial charge < -0.3 is 15.2 Å². The highest BCUT2D eigenvalue weighted by molar-refractivity contribution is 5.45. The minimum Gasteiger partial charge on any atom is -0.490 e. The molecule has 3 nitrogen and oxygen atoms in total. The van der Waals surface area contributed by atoms with Crippen LogP contribution in [0.3, 0.4) is 0 Å². The van der Waals surface area contributed by atoms with E-state index in [4.69, 9.17) is 15.2 Å². The van der Waals surface area contributed by atoms with Crippen LogP contribution < -0.4 is 10.5 Å². The van der Waals surface area contributed by atoms with Gasteiger partial charge in [-0.05, 0) is 31.9 Å². The van der Waals surface area contributed by atoms with Crippen molar-refractivity contribution < 1.29 is 9.47 Å². The van der Waals surface area contributed by atoms with Gasteiger partial charge >= 0.3 is 0 Å². The van der Waals surface area contributed by atoms with E-state index in [0.717, 1.165) is 24.2 Å². The van der Waals surface area contributed by atoms with Crippen molar-refractivity contribution in [3.8, 4) is 17.6 Å². The smallest absolute Gasteiger partial charge is 0.135 e. The number of ether oxygens (including phenoxy) is 2. The molecular formula is C15H19NO2. The molecule has 1 heterocycles. The maximum Gasteiger partial charge on any atom is 0.135 e. The molecule has 1 aliphatic rings. The Labute approximate surface area is 108 Å². The quantitative estimate of drug-likeness (QED) is 0.828. The van der Waals surface area contributed by atoms with Crippen molar-refractivity contribution in [3.05, 3.63) is 29.8 Å². The Morgan fingerprint density at radius 3 is 2.94 bits per heavy atom. The lowest BCUT2D eigenvalue weighted by molar-refractivity contribution is 0.0264. The Bertz CT molecular complexity index is 447. The zero-order chi connectivity index (χ0) is 12.8. The topological polar surface area (TPSA) is 44.5 Å². The molecule has 0 amide bonds. The summed E-state index contributed by atoms with van der Waals surface area (Å²) in [6.45, 7) is 3.05. The minimum atomic E-state index is 0.204. The predicted octanol–water partition coefficient (Wildman–Crippen LogP) is 1.94. The molecule has 1 aromatic rings. The Hall–Kier alpha value is -1.50. The van der Waals surface area contributed by atoms with Crippen LogP contribution in [0.4, 0.5) is 0 Å². The number of rotatable bonds is 3. The van der Waals surface area contributed by atoms with E-state index in [1.807, 2.05) is 24.3 Å². The third kappa shape index (κ3) is 3.49. The zero-order valence-electron chi connectivity index (χ0n) is 10.7. The van der Waals surface area contributed by atoms with Crippen LogP contribution in [0.5, 0.6) is 5.75 Å². The molecule has 3 heteroatoms. The van der Waals surface area contributed by atoms with Crippen LogP contribution in [0.1, 0.15) is 25.3 Å². The lowest BCUT2D eigenvalue weighted by Gasteiger charge is -2.13. The van der Waals surface area contributed by atoms with Crippen LogP contribution in [-0.2, 0) is 4.74 Å². The molecular weight excluding hydrogens is 226 g/mol. The van der Waals surface area contributed by atoms with Crippen molar-refractivity contribution in [3.63, 3.8) is 0 Å². The largest absolute Gasteiger partial charge is 0.490 e. The average Bonchev–Trinajstić information content (AvgIpc) is 2.81. The number of nitrogens with two attached hydrogens (primary N) is 1. The molecule has 0 spiro atoms. The van der Waals surface area contributed by atoms with Gasteiger partial charge in [-0.15, -0.1) is 0 Å². The molecule has 2 atom stereocenters. The van der Waals surface area contributed by atoms with Gasteiger partial charge in [0.05, 0.1) is 24.3 Å². The van der Waals surface area contributed by atoms with E-state index in [-0.39, 0.29) is 6.10 Å². The molecule has 1 aromatic carbocycles. The van der Waals surface area contributed by atoms with Gasteiger partial charge in [-0.1, -0.05) is 24.0 Å². The predicted molar refractivity (Wildman–Crippen MR) is 71.4 cm³/mol. The van der Waals surface area contributed by atoms with Gasteiger partial charge in [-0.25, -0.2) is 0 Å². The van der Waals surface area contributed by atoms with Gasteiger partial charge in [-0.2, -0.15) is 0 Å². The van der Waals surface area contributed by atoms with E-state index in [1.165, 1.54) is 0 Å². The molecule has 0 radical (unpaired) electrons. The molecule has 0 aromatic heterocycles. The summed E-state index contributed by atoms with van der Waals surface area (Å²) in [5.74, 6) is 6.67. The molecule has 2 N–H and O–H groups in total. The van der Waals surface area contributed by atoms with Gasteiger partial charge in [0.1, 0.15) is 12.4 Å². The highest BCUT2D eigenvalue weighted by Crippen LogP contribution is 2.22. The van der Waals surface area contributed by atoms with Gasteiger partial charge in [0.15, 0.2) is 0 Å². The highest BCUT2D eigenvalue weighted by Gasteiger charge is 2.22. The maximum absolute atomic E-state index is 5.80. The Morgan fingerprint density at radius 1 is 1.39 bits per heavy atom. The van der Waals surface area contributed by atoms with Crippen LogP contribution in [-0.4, -0.2) is 25.4 Å². The first-order chi connectivity index (χ1) is 8.79. The Balaban J connectivity index is 1.96. The third-order valence-electron chi connectivity index (χ3n) is 2.96. The summed E-state index contributed by atoms with van der Waals surface area (Å²) >= 11 is 0. The van der Waals surface area contributed by atoms with E-state index >= 15 is 0 Å². The summed E-state index contributed by atoms with van der Waals surface area (Å²) in [4.78, 5) is 0. The summed E-state index contributed by atoms with van der Waals surface area (Å²) in [7, 11) is 0. The lowest BCUT2D eigenvalue weighted by atomic mass is 10.2. The Morgan fingerprint density at radius 2 is 2.22 bits per heavy atom. The highest BCUT2D eigenvalue weighted by atomic mass is 16.5. The number of hydrogen-bond acceptors (Lipinski definition) is 3. The van der Waals surface area contributed by atoms with Gasteiger partial charge in [0.2, 0.25) is 0 Å². The second-order valence-electron chi connectivity index (χ2n) is 4.46. The second-order valence-corrected chi connectivity index (χ2v) is 4.46. The van der Waals surface area contributed by atoms with Gasteiger partial charge in [0.25, 0.3) is 0 Å². The van der Waals surface area contributed by atoms with Crippen LogP contribution >= 0.6 is 0 Å². The van der Waals surface area contributed by atoms with Crippen LogP contribution in [0.2, 0.25) is 0 Å². The molecule has 1 fully saturated rings. The van der Waals surface area contributed by atoms with E-state index < -0.39 is 0 Å². The molecule has 1 saturated heterocycles. The van der Waals surface area contributed by atoms with Crippen LogP contribution in [0.15, 0.2) is 24.3 Å². The van der Waals surface area contributed by atoms with E-state index in [1.54, 1.807) is 0 Å². The summed E-state index contributed by atoms with van der Waals surface area (Å²) in [6.07, 6.45) is 2.74. The van der Waals surface area contributed by atoms with E-state index in [0.29, 0.717) is 19.3 Å². The summed E-state index contributed by atoms with van der Waals surface area (Å²) in [6, 6.07) is 7.76. The van der Waals surface area contributed by atoms with Crippen molar-refractivity contribution in [1.29, 1.82) is 0 Å². The van der Waals surface area contributed by atoms with Crippen molar-refractivity contribution in [2.45, 2.75) is 32.0 Å². The van der Waals surface area contributed by atoms with E-state index in [2.05, 4.69) is 18.8 Å². The average molecular weight is 245 g/mol. The third-order valence-corrected chi connectivity index (χ3v) is 2.96. The standard InChI is InChI=1S/C15H19NO2/c1-12-8-9-14(18-12)11-17-15-7-3-2-5-13(15)6-4-10-16/h2-3,5,7,12,14H,8-11,16H2,1H3. The maximum atomic E-state index is 5.80. The molecule has 96 valence electrons. The molecule has 2 unspecified atom stereocenters. The summed E-state index contributed by atoms with van der Waals surface area (Å²) < 4.78 is 11.5. The first kappa shape index (κ1) is 12.9. The molecule has 0 bridgehead atoms. The van der Waals surface area contributed by atoms with Crippen molar-refractivity contribution >= 4 is 0 Å². The van der Waals surface area contributed by atoms with E-state index in [9.17, 15) is 0 Å². The molecule has 18 heavy (non-hydrogen) atoms. The number of para-hydroxylation sites is 1. The fourth-order valence-electron chi connectivity index (χ4n) is 2.03. The first-order valence-corrected chi connectivity index (χ1v) is 6.36. The normalized spacial score (nSPS) is 22.3. The van der Waals surface area contributed by atoms with Crippen molar-refractivity contribution in [2.24, 2.45) is 5.73 Å². The fraction of sp³-hybridized carbons (Fsp3) is 0.467. The first-order valence-electron chi connectivity index (χ1n) is 6.36. The SMILES string of the molecule is CC1CCC(COc2ccccc2C#CCN)O1. The molecule has 1 aliphatic heterocycles. The molecule has 0 aliphatic carbocycles. The fourth-order valence-corrected chi connectivity index (χ4v) is 2.03. The zero-order valence-corrected chi connectivity index (χ0v) is 10.7. The summed E-state index contributed by atoms with van der Waals surface area (Å²) in [5.41, 5.74) is 6.26. The van der Waals surface area contributed by atoms with Crippen molar-refractivity contribution in [1.82, 2.24) is 0 Å². The van der Waals surface area contributed by atoms with Gasteiger partial charge in [0, 0.05) is 0 Å². The Kier molecular flexibility index (Phi) is 4.63. The van der Waals surface area contributed by atoms with Crippen LogP contribution in [0.25, 0.3) is 0 Å².